The van der Waals surface area contributed by atoms with Gasteiger partial charge >= 0.3 is 0 Å². The smallest absolute Gasteiger partial charge is 0.137 e. The number of benzene rings is 1. The predicted molar refractivity (Wildman–Crippen MR) is 91.2 cm³/mol. The van der Waals surface area contributed by atoms with Gasteiger partial charge in [0.1, 0.15) is 18.5 Å². The summed E-state index contributed by atoms with van der Waals surface area (Å²) in [6, 6.07) is 11.0. The normalized spacial score (nSPS) is 18.2. The average Bonchev–Trinajstić information content (AvgIpc) is 3.34. The van der Waals surface area contributed by atoms with Crippen LogP contribution in [0.4, 0.5) is 0 Å². The van der Waals surface area contributed by atoms with Crippen molar-refractivity contribution in [2.45, 2.75) is 38.5 Å². The van der Waals surface area contributed by atoms with E-state index in [-0.39, 0.29) is 0 Å². The molecule has 6 nitrogen and oxygen atoms in total. The molecule has 1 aliphatic heterocycles. The van der Waals surface area contributed by atoms with Gasteiger partial charge in [-0.25, -0.2) is 9.97 Å². The lowest BCUT2D eigenvalue weighted by Gasteiger charge is -2.24. The van der Waals surface area contributed by atoms with Crippen LogP contribution in [0.5, 0.6) is 0 Å². The largest absolute Gasteiger partial charge is 0.329 e. The van der Waals surface area contributed by atoms with Gasteiger partial charge in [-0.2, -0.15) is 5.10 Å². The van der Waals surface area contributed by atoms with Crippen molar-refractivity contribution < 1.29 is 0 Å². The Morgan fingerprint density at radius 2 is 2.04 bits per heavy atom. The molecule has 0 bridgehead atoms. The minimum Gasteiger partial charge on any atom is -0.329 e. The number of rotatable bonds is 6. The van der Waals surface area contributed by atoms with Gasteiger partial charge in [-0.05, 0) is 24.9 Å². The van der Waals surface area contributed by atoms with Crippen LogP contribution in [0.3, 0.4) is 0 Å². The highest BCUT2D eigenvalue weighted by Crippen LogP contribution is 2.21. The lowest BCUT2D eigenvalue weighted by Crippen LogP contribution is -2.33. The van der Waals surface area contributed by atoms with Gasteiger partial charge in [-0.3, -0.25) is 9.58 Å². The first-order valence-electron chi connectivity index (χ1n) is 8.49. The first-order chi connectivity index (χ1) is 11.9. The van der Waals surface area contributed by atoms with Crippen LogP contribution in [0.15, 0.2) is 55.4 Å². The predicted octanol–water partition coefficient (Wildman–Crippen LogP) is 2.19. The second kappa shape index (κ2) is 6.97. The zero-order valence-electron chi connectivity index (χ0n) is 13.7. The second-order valence-corrected chi connectivity index (χ2v) is 6.34. The highest BCUT2D eigenvalue weighted by Gasteiger charge is 2.26. The van der Waals surface area contributed by atoms with Crippen LogP contribution >= 0.6 is 0 Å². The van der Waals surface area contributed by atoms with Gasteiger partial charge in [0, 0.05) is 25.0 Å². The Morgan fingerprint density at radius 1 is 1.12 bits per heavy atom. The molecule has 6 heteroatoms. The molecule has 1 saturated heterocycles. The molecule has 1 unspecified atom stereocenters. The Labute approximate surface area is 141 Å². The summed E-state index contributed by atoms with van der Waals surface area (Å²) in [6.45, 7) is 3.79. The fourth-order valence-corrected chi connectivity index (χ4v) is 3.45. The van der Waals surface area contributed by atoms with E-state index < -0.39 is 0 Å². The van der Waals surface area contributed by atoms with Crippen LogP contribution in [0.1, 0.15) is 24.2 Å². The van der Waals surface area contributed by atoms with Gasteiger partial charge in [0.2, 0.25) is 0 Å². The summed E-state index contributed by atoms with van der Waals surface area (Å²) in [7, 11) is 0. The molecule has 1 fully saturated rings. The van der Waals surface area contributed by atoms with E-state index in [0.29, 0.717) is 6.04 Å². The number of imidazole rings is 1. The number of hydrogen-bond acceptors (Lipinski definition) is 4. The third kappa shape index (κ3) is 3.38. The van der Waals surface area contributed by atoms with E-state index in [1.807, 2.05) is 10.9 Å². The van der Waals surface area contributed by atoms with E-state index in [4.69, 9.17) is 0 Å². The van der Waals surface area contributed by atoms with Crippen LogP contribution in [0.2, 0.25) is 0 Å². The zero-order valence-corrected chi connectivity index (χ0v) is 13.7. The lowest BCUT2D eigenvalue weighted by atomic mass is 10.2. The first-order valence-corrected chi connectivity index (χ1v) is 8.49. The summed E-state index contributed by atoms with van der Waals surface area (Å²) in [5.74, 6) is 1.13. The minimum atomic E-state index is 0.508. The summed E-state index contributed by atoms with van der Waals surface area (Å²) in [5, 5.41) is 4.24. The zero-order chi connectivity index (χ0) is 16.2. The van der Waals surface area contributed by atoms with Gasteiger partial charge < -0.3 is 4.57 Å². The number of hydrogen-bond donors (Lipinski definition) is 0. The van der Waals surface area contributed by atoms with Gasteiger partial charge in [0.25, 0.3) is 0 Å². The quantitative estimate of drug-likeness (QED) is 0.698. The van der Waals surface area contributed by atoms with Crippen LogP contribution < -0.4 is 0 Å². The Hall–Kier alpha value is -2.47. The summed E-state index contributed by atoms with van der Waals surface area (Å²) in [6.07, 6.45) is 9.82. The third-order valence-electron chi connectivity index (χ3n) is 4.71. The Balaban J connectivity index is 1.44. The molecule has 3 aromatic rings. The molecule has 1 atom stereocenters. The van der Waals surface area contributed by atoms with Crippen LogP contribution in [-0.4, -0.2) is 41.8 Å². The Kier molecular flexibility index (Phi) is 4.38. The summed E-state index contributed by atoms with van der Waals surface area (Å²) in [5.41, 5.74) is 1.30. The average molecular weight is 322 g/mol. The van der Waals surface area contributed by atoms with E-state index in [9.17, 15) is 0 Å². The van der Waals surface area contributed by atoms with Gasteiger partial charge in [-0.1, -0.05) is 30.3 Å². The molecule has 4 rings (SSSR count). The van der Waals surface area contributed by atoms with Crippen LogP contribution in [-0.2, 0) is 19.6 Å². The van der Waals surface area contributed by atoms with Crippen molar-refractivity contribution in [2.24, 2.45) is 0 Å². The lowest BCUT2D eigenvalue weighted by molar-refractivity contribution is 0.212. The van der Waals surface area contributed by atoms with Crippen LogP contribution in [0, 0.1) is 0 Å². The SMILES string of the molecule is c1ccc(Cn2ccnc2CN2CCCC2Cn2cncn2)cc1. The summed E-state index contributed by atoms with van der Waals surface area (Å²) < 4.78 is 4.18. The second-order valence-electron chi connectivity index (χ2n) is 6.34. The Bertz CT molecular complexity index is 749. The van der Waals surface area contributed by atoms with Crippen LogP contribution in [0.25, 0.3) is 0 Å². The van der Waals surface area contributed by atoms with Crippen molar-refractivity contribution >= 4 is 0 Å². The highest BCUT2D eigenvalue weighted by molar-refractivity contribution is 5.15. The highest BCUT2D eigenvalue weighted by atomic mass is 15.3. The molecule has 0 N–H and O–H groups in total. The van der Waals surface area contributed by atoms with E-state index in [1.54, 1.807) is 12.7 Å². The summed E-state index contributed by atoms with van der Waals surface area (Å²) >= 11 is 0. The third-order valence-corrected chi connectivity index (χ3v) is 4.71. The van der Waals surface area contributed by atoms with E-state index in [2.05, 4.69) is 61.1 Å². The molecule has 0 radical (unpaired) electrons. The molecule has 124 valence electrons. The van der Waals surface area contributed by atoms with Gasteiger partial charge in [0.15, 0.2) is 0 Å². The van der Waals surface area contributed by atoms with Crippen molar-refractivity contribution in [3.05, 3.63) is 66.8 Å². The van der Waals surface area contributed by atoms with Crippen molar-refractivity contribution in [3.8, 4) is 0 Å². The maximum atomic E-state index is 4.59. The molecule has 1 aliphatic rings. The van der Waals surface area contributed by atoms with E-state index in [0.717, 1.165) is 32.0 Å². The molecule has 24 heavy (non-hydrogen) atoms. The molecular formula is C18H22N6. The minimum absolute atomic E-state index is 0.508. The van der Waals surface area contributed by atoms with Crippen molar-refractivity contribution in [1.29, 1.82) is 0 Å². The topological polar surface area (TPSA) is 51.8 Å². The Morgan fingerprint density at radius 3 is 2.88 bits per heavy atom. The molecule has 0 spiro atoms. The molecule has 3 heterocycles. The maximum absolute atomic E-state index is 4.59. The van der Waals surface area contributed by atoms with Crippen molar-refractivity contribution in [1.82, 2.24) is 29.2 Å². The molecule has 0 amide bonds. The molecular weight excluding hydrogens is 300 g/mol. The molecule has 0 aliphatic carbocycles. The number of nitrogens with zero attached hydrogens (tertiary/aromatic N) is 6. The number of aromatic nitrogens is 5. The van der Waals surface area contributed by atoms with Crippen molar-refractivity contribution in [3.63, 3.8) is 0 Å². The van der Waals surface area contributed by atoms with E-state index >= 15 is 0 Å². The number of likely N-dealkylation sites (tertiary alicyclic amines) is 1. The van der Waals surface area contributed by atoms with E-state index in [1.165, 1.54) is 18.4 Å². The van der Waals surface area contributed by atoms with Crippen molar-refractivity contribution in [2.75, 3.05) is 6.54 Å². The first kappa shape index (κ1) is 15.1. The maximum Gasteiger partial charge on any atom is 0.137 e. The fourth-order valence-electron chi connectivity index (χ4n) is 3.45. The van der Waals surface area contributed by atoms with Gasteiger partial charge in [-0.15, -0.1) is 0 Å². The molecule has 1 aromatic carbocycles. The standard InChI is InChI=1S/C18H22N6/c1-2-5-16(6-3-1)11-23-10-8-20-18(23)13-22-9-4-7-17(22)12-24-15-19-14-21-24/h1-3,5-6,8,10,14-15,17H,4,7,9,11-13H2. The fraction of sp³-hybridized carbons (Fsp3) is 0.389. The molecule has 0 saturated carbocycles. The summed E-state index contributed by atoms with van der Waals surface area (Å²) in [4.78, 5) is 11.2. The monoisotopic (exact) mass is 322 g/mol. The molecule has 2 aromatic heterocycles. The van der Waals surface area contributed by atoms with Gasteiger partial charge in [0.05, 0.1) is 13.1 Å².